The number of rotatable bonds is 7. The van der Waals surface area contributed by atoms with Crippen LogP contribution in [0.25, 0.3) is 0 Å². The van der Waals surface area contributed by atoms with E-state index in [1.54, 1.807) is 0 Å². The molecule has 1 aromatic rings. The summed E-state index contributed by atoms with van der Waals surface area (Å²) in [6.07, 6.45) is 0. The first kappa shape index (κ1) is 16.6. The summed E-state index contributed by atoms with van der Waals surface area (Å²) in [4.78, 5) is 22.8. The molecule has 0 spiro atoms. The zero-order chi connectivity index (χ0) is 16.0. The second kappa shape index (κ2) is 7.34. The summed E-state index contributed by atoms with van der Waals surface area (Å²) in [6.45, 7) is -0.717. The van der Waals surface area contributed by atoms with Crippen LogP contribution < -0.4 is 19.5 Å². The van der Waals surface area contributed by atoms with E-state index in [4.69, 9.17) is 24.4 Å². The lowest BCUT2D eigenvalue weighted by atomic mass is 10.1. The van der Waals surface area contributed by atoms with Gasteiger partial charge in [0.25, 0.3) is 5.91 Å². The van der Waals surface area contributed by atoms with Crippen LogP contribution in [0.1, 0.15) is 10.4 Å². The number of carboxylic acids is 1. The molecule has 0 aliphatic rings. The van der Waals surface area contributed by atoms with Crippen molar-refractivity contribution in [3.63, 3.8) is 0 Å². The van der Waals surface area contributed by atoms with Crippen LogP contribution in [0.15, 0.2) is 12.1 Å². The Morgan fingerprint density at radius 3 is 2.00 bits per heavy atom. The topological polar surface area (TPSA) is 114 Å². The summed E-state index contributed by atoms with van der Waals surface area (Å²) in [5, 5.41) is 19.9. The quantitative estimate of drug-likeness (QED) is 0.643. The molecule has 0 unspecified atom stereocenters. The lowest BCUT2D eigenvalue weighted by molar-refractivity contribution is -0.140. The van der Waals surface area contributed by atoms with Crippen molar-refractivity contribution < 1.29 is 34.0 Å². The monoisotopic (exact) mass is 299 g/mol. The van der Waals surface area contributed by atoms with Gasteiger partial charge >= 0.3 is 5.97 Å². The van der Waals surface area contributed by atoms with Crippen molar-refractivity contribution >= 4 is 11.9 Å². The Labute approximate surface area is 121 Å². The van der Waals surface area contributed by atoms with Crippen LogP contribution in [0.3, 0.4) is 0 Å². The summed E-state index contributed by atoms with van der Waals surface area (Å²) in [6, 6.07) is 1.37. The number of ether oxygens (including phenoxy) is 3. The number of hydrogen-bond donors (Lipinski definition) is 3. The van der Waals surface area contributed by atoms with Crippen molar-refractivity contribution in [3.8, 4) is 17.2 Å². The number of aliphatic hydroxyl groups excluding tert-OH is 1. The maximum absolute atomic E-state index is 12.0. The Morgan fingerprint density at radius 1 is 1.14 bits per heavy atom. The lowest BCUT2D eigenvalue weighted by Gasteiger charge is -2.15. The van der Waals surface area contributed by atoms with Crippen LogP contribution in [0, 0.1) is 0 Å². The predicted octanol–water partition coefficient (Wildman–Crippen LogP) is -0.112. The Bertz CT molecular complexity index is 504. The number of benzene rings is 1. The number of aliphatic hydroxyl groups is 1. The average molecular weight is 299 g/mol. The van der Waals surface area contributed by atoms with E-state index in [9.17, 15) is 9.59 Å². The van der Waals surface area contributed by atoms with Crippen molar-refractivity contribution in [1.29, 1.82) is 0 Å². The predicted molar refractivity (Wildman–Crippen MR) is 72.1 cm³/mol. The van der Waals surface area contributed by atoms with Gasteiger partial charge in [0.2, 0.25) is 5.75 Å². The molecule has 0 bridgehead atoms. The molecule has 8 heteroatoms. The molecule has 3 N–H and O–H groups in total. The molecular weight excluding hydrogens is 282 g/mol. The third-order valence-corrected chi connectivity index (χ3v) is 2.71. The lowest BCUT2D eigenvalue weighted by Crippen LogP contribution is -2.43. The van der Waals surface area contributed by atoms with Crippen molar-refractivity contribution in [3.05, 3.63) is 17.7 Å². The SMILES string of the molecule is COc1cc(C(=O)N[C@H](CO)C(=O)O)cc(OC)c1OC. The van der Waals surface area contributed by atoms with Crippen LogP contribution in [0.4, 0.5) is 0 Å². The van der Waals surface area contributed by atoms with Crippen molar-refractivity contribution in [2.75, 3.05) is 27.9 Å². The molecule has 0 fully saturated rings. The van der Waals surface area contributed by atoms with Crippen molar-refractivity contribution in [2.24, 2.45) is 0 Å². The first-order valence-electron chi connectivity index (χ1n) is 5.93. The molecule has 116 valence electrons. The highest BCUT2D eigenvalue weighted by Gasteiger charge is 2.22. The number of methoxy groups -OCH3 is 3. The highest BCUT2D eigenvalue weighted by Crippen LogP contribution is 2.38. The molecule has 0 radical (unpaired) electrons. The highest BCUT2D eigenvalue weighted by atomic mass is 16.5. The smallest absolute Gasteiger partial charge is 0.328 e. The van der Waals surface area contributed by atoms with Gasteiger partial charge in [-0.05, 0) is 12.1 Å². The van der Waals surface area contributed by atoms with Gasteiger partial charge in [-0.25, -0.2) is 4.79 Å². The van der Waals surface area contributed by atoms with Gasteiger partial charge in [-0.15, -0.1) is 0 Å². The van der Waals surface area contributed by atoms with Crippen LogP contribution in [-0.2, 0) is 4.79 Å². The summed E-state index contributed by atoms with van der Waals surface area (Å²) in [5.74, 6) is -1.18. The molecule has 21 heavy (non-hydrogen) atoms. The molecule has 0 aliphatic carbocycles. The number of aliphatic carboxylic acids is 1. The first-order valence-corrected chi connectivity index (χ1v) is 5.93. The molecule has 1 atom stereocenters. The largest absolute Gasteiger partial charge is 0.493 e. The van der Waals surface area contributed by atoms with E-state index in [2.05, 4.69) is 5.32 Å². The fourth-order valence-electron chi connectivity index (χ4n) is 1.64. The molecule has 1 rings (SSSR count). The molecule has 0 saturated heterocycles. The minimum Gasteiger partial charge on any atom is -0.493 e. The zero-order valence-corrected chi connectivity index (χ0v) is 11.9. The first-order chi connectivity index (χ1) is 9.98. The highest BCUT2D eigenvalue weighted by molar-refractivity contribution is 5.97. The minimum absolute atomic E-state index is 0.115. The van der Waals surface area contributed by atoms with Gasteiger partial charge in [-0.2, -0.15) is 0 Å². The van der Waals surface area contributed by atoms with Gasteiger partial charge in [-0.3, -0.25) is 4.79 Å². The zero-order valence-electron chi connectivity index (χ0n) is 11.9. The molecule has 1 aromatic carbocycles. The fraction of sp³-hybridized carbons (Fsp3) is 0.385. The van der Waals surface area contributed by atoms with Crippen molar-refractivity contribution in [1.82, 2.24) is 5.32 Å². The molecule has 0 aromatic heterocycles. The second-order valence-corrected chi connectivity index (χ2v) is 3.96. The molecule has 1 amide bonds. The van der Waals surface area contributed by atoms with Crippen LogP contribution in [0.5, 0.6) is 17.2 Å². The van der Waals surface area contributed by atoms with Gasteiger partial charge in [0.1, 0.15) is 0 Å². The molecule has 0 saturated carbocycles. The summed E-state index contributed by atoms with van der Waals surface area (Å²) in [7, 11) is 4.21. The van der Waals surface area contributed by atoms with Gasteiger partial charge in [0.15, 0.2) is 17.5 Å². The number of carbonyl (C=O) groups is 2. The molecule has 0 aliphatic heterocycles. The van der Waals surface area contributed by atoms with Gasteiger partial charge in [0.05, 0.1) is 27.9 Å². The number of carbonyl (C=O) groups excluding carboxylic acids is 1. The third kappa shape index (κ3) is 3.76. The van der Waals surface area contributed by atoms with E-state index in [-0.39, 0.29) is 17.1 Å². The normalized spacial score (nSPS) is 11.4. The number of carboxylic acid groups (broad SMARTS) is 1. The Morgan fingerprint density at radius 2 is 1.67 bits per heavy atom. The Balaban J connectivity index is 3.13. The fourth-order valence-corrected chi connectivity index (χ4v) is 1.64. The third-order valence-electron chi connectivity index (χ3n) is 2.71. The van der Waals surface area contributed by atoms with Crippen LogP contribution in [0.2, 0.25) is 0 Å². The van der Waals surface area contributed by atoms with E-state index in [0.29, 0.717) is 5.75 Å². The number of hydrogen-bond acceptors (Lipinski definition) is 6. The molecule has 8 nitrogen and oxygen atoms in total. The van der Waals surface area contributed by atoms with E-state index < -0.39 is 24.5 Å². The van der Waals surface area contributed by atoms with Gasteiger partial charge < -0.3 is 29.7 Å². The van der Waals surface area contributed by atoms with E-state index in [0.717, 1.165) is 0 Å². The van der Waals surface area contributed by atoms with Crippen LogP contribution in [-0.4, -0.2) is 56.1 Å². The second-order valence-electron chi connectivity index (χ2n) is 3.96. The Hall–Kier alpha value is -2.48. The number of amides is 1. The summed E-state index contributed by atoms with van der Waals surface area (Å²) >= 11 is 0. The Kier molecular flexibility index (Phi) is 5.79. The molecular formula is C13H17NO7. The van der Waals surface area contributed by atoms with Crippen LogP contribution >= 0.6 is 0 Å². The minimum atomic E-state index is -1.39. The maximum atomic E-state index is 12.0. The molecule has 0 heterocycles. The number of nitrogens with one attached hydrogen (secondary N) is 1. The van der Waals surface area contributed by atoms with E-state index in [1.165, 1.54) is 33.5 Å². The van der Waals surface area contributed by atoms with Gasteiger partial charge in [-0.1, -0.05) is 0 Å². The van der Waals surface area contributed by atoms with Gasteiger partial charge in [0, 0.05) is 5.56 Å². The summed E-state index contributed by atoms with van der Waals surface area (Å²) < 4.78 is 15.3. The van der Waals surface area contributed by atoms with E-state index in [1.807, 2.05) is 0 Å². The summed E-state index contributed by atoms with van der Waals surface area (Å²) in [5.41, 5.74) is 0.115. The van der Waals surface area contributed by atoms with E-state index >= 15 is 0 Å². The standard InChI is InChI=1S/C13H17NO7/c1-19-9-4-7(5-10(20-2)11(9)21-3)12(16)14-8(6-15)13(17)18/h4-5,8,15H,6H2,1-3H3,(H,14,16)(H,17,18)/t8-/m1/s1. The average Bonchev–Trinajstić information content (AvgIpc) is 2.50. The van der Waals surface area contributed by atoms with Crippen molar-refractivity contribution in [2.45, 2.75) is 6.04 Å². The maximum Gasteiger partial charge on any atom is 0.328 e.